The summed E-state index contributed by atoms with van der Waals surface area (Å²) >= 11 is 2.74. The monoisotopic (exact) mass is 295 g/mol. The second-order valence-electron chi connectivity index (χ2n) is 4.53. The van der Waals surface area contributed by atoms with Crippen LogP contribution in [0.15, 0.2) is 21.4 Å². The van der Waals surface area contributed by atoms with E-state index in [4.69, 9.17) is 0 Å². The van der Waals surface area contributed by atoms with Crippen molar-refractivity contribution < 1.29 is 4.79 Å². The van der Waals surface area contributed by atoms with Crippen molar-refractivity contribution in [2.45, 2.75) is 24.0 Å². The zero-order valence-corrected chi connectivity index (χ0v) is 12.0. The van der Waals surface area contributed by atoms with E-state index in [-0.39, 0.29) is 11.5 Å². The summed E-state index contributed by atoms with van der Waals surface area (Å²) in [7, 11) is 1.69. The van der Waals surface area contributed by atoms with Crippen LogP contribution in [0.4, 0.5) is 0 Å². The van der Waals surface area contributed by atoms with Crippen LogP contribution in [0.25, 0.3) is 10.2 Å². The summed E-state index contributed by atoms with van der Waals surface area (Å²) in [6.07, 6.45) is 2.16. The Morgan fingerprint density at radius 2 is 2.42 bits per heavy atom. The zero-order chi connectivity index (χ0) is 13.4. The number of aromatic nitrogens is 2. The van der Waals surface area contributed by atoms with Crippen LogP contribution < -0.4 is 10.9 Å². The second-order valence-corrected chi connectivity index (χ2v) is 6.37. The summed E-state index contributed by atoms with van der Waals surface area (Å²) in [6, 6.07) is 2.15. The largest absolute Gasteiger partial charge is 0.353 e. The fourth-order valence-corrected chi connectivity index (χ4v) is 3.32. The first-order valence-corrected chi connectivity index (χ1v) is 7.88. The summed E-state index contributed by atoms with van der Waals surface area (Å²) in [5.74, 6) is 0.307. The Bertz CT molecular complexity index is 688. The van der Waals surface area contributed by atoms with Gasteiger partial charge in [-0.3, -0.25) is 14.2 Å². The third kappa shape index (κ3) is 2.66. The van der Waals surface area contributed by atoms with Gasteiger partial charge in [-0.15, -0.1) is 11.3 Å². The maximum atomic E-state index is 12.1. The fourth-order valence-electron chi connectivity index (χ4n) is 1.74. The molecule has 1 aliphatic carbocycles. The molecule has 2 aromatic heterocycles. The Kier molecular flexibility index (Phi) is 3.32. The number of fused-ring (bicyclic) bond motifs is 1. The summed E-state index contributed by atoms with van der Waals surface area (Å²) in [5, 5.41) is 6.00. The lowest BCUT2D eigenvalue weighted by atomic mass is 10.4. The van der Waals surface area contributed by atoms with E-state index < -0.39 is 0 Å². The molecular formula is C12H13N3O2S2. The highest BCUT2D eigenvalue weighted by Gasteiger charge is 2.23. The van der Waals surface area contributed by atoms with Crippen LogP contribution in [0, 0.1) is 0 Å². The maximum Gasteiger partial charge on any atom is 0.262 e. The van der Waals surface area contributed by atoms with Crippen molar-refractivity contribution >= 4 is 39.2 Å². The molecule has 7 heteroatoms. The molecule has 1 saturated carbocycles. The van der Waals surface area contributed by atoms with Crippen LogP contribution in [0.2, 0.25) is 0 Å². The van der Waals surface area contributed by atoms with Crippen molar-refractivity contribution in [3.8, 4) is 0 Å². The number of nitrogens with zero attached hydrogens (tertiary/aromatic N) is 2. The highest BCUT2D eigenvalue weighted by atomic mass is 32.2. The van der Waals surface area contributed by atoms with Gasteiger partial charge in [-0.25, -0.2) is 4.98 Å². The third-order valence-corrected chi connectivity index (χ3v) is 4.78. The quantitative estimate of drug-likeness (QED) is 0.683. The van der Waals surface area contributed by atoms with Crippen molar-refractivity contribution in [1.82, 2.24) is 14.9 Å². The first-order valence-electron chi connectivity index (χ1n) is 6.01. The molecule has 0 aromatic carbocycles. The number of thiophene rings is 1. The third-order valence-electron chi connectivity index (χ3n) is 2.94. The summed E-state index contributed by atoms with van der Waals surface area (Å²) < 4.78 is 1.50. The van der Waals surface area contributed by atoms with E-state index in [1.54, 1.807) is 13.1 Å². The lowest BCUT2D eigenvalue weighted by Crippen LogP contribution is -2.27. The second kappa shape index (κ2) is 4.97. The predicted molar refractivity (Wildman–Crippen MR) is 76.7 cm³/mol. The van der Waals surface area contributed by atoms with Crippen molar-refractivity contribution in [3.63, 3.8) is 0 Å². The Balaban J connectivity index is 1.78. The molecule has 2 aromatic rings. The number of carbonyl (C=O) groups excluding carboxylic acids is 1. The number of thioether (sulfide) groups is 1. The van der Waals surface area contributed by atoms with Gasteiger partial charge in [0, 0.05) is 13.1 Å². The molecule has 19 heavy (non-hydrogen) atoms. The normalized spacial score (nSPS) is 14.8. The minimum Gasteiger partial charge on any atom is -0.353 e. The molecule has 0 radical (unpaired) electrons. The first kappa shape index (κ1) is 12.7. The minimum atomic E-state index is -0.0589. The number of hydrogen-bond donors (Lipinski definition) is 1. The lowest BCUT2D eigenvalue weighted by molar-refractivity contribution is -0.118. The Labute approximate surface area is 118 Å². The molecule has 0 aliphatic heterocycles. The topological polar surface area (TPSA) is 64.0 Å². The van der Waals surface area contributed by atoms with Gasteiger partial charge in [0.25, 0.3) is 5.56 Å². The van der Waals surface area contributed by atoms with E-state index in [0.717, 1.165) is 17.7 Å². The molecule has 0 bridgehead atoms. The number of hydrogen-bond acceptors (Lipinski definition) is 5. The maximum absolute atomic E-state index is 12.1. The number of amides is 1. The molecule has 1 fully saturated rings. The molecule has 0 spiro atoms. The van der Waals surface area contributed by atoms with Crippen molar-refractivity contribution in [1.29, 1.82) is 0 Å². The number of rotatable bonds is 4. The average molecular weight is 295 g/mol. The van der Waals surface area contributed by atoms with Gasteiger partial charge >= 0.3 is 0 Å². The van der Waals surface area contributed by atoms with Gasteiger partial charge in [0.05, 0.1) is 11.1 Å². The minimum absolute atomic E-state index is 0.00743. The van der Waals surface area contributed by atoms with E-state index in [0.29, 0.717) is 22.3 Å². The highest BCUT2D eigenvalue weighted by molar-refractivity contribution is 7.99. The molecule has 1 amide bonds. The predicted octanol–water partition coefficient (Wildman–Crippen LogP) is 1.37. The lowest BCUT2D eigenvalue weighted by Gasteiger charge is -2.07. The summed E-state index contributed by atoms with van der Waals surface area (Å²) in [4.78, 5) is 28.8. The van der Waals surface area contributed by atoms with E-state index in [1.165, 1.54) is 27.7 Å². The van der Waals surface area contributed by atoms with Crippen molar-refractivity contribution in [3.05, 3.63) is 21.8 Å². The first-order chi connectivity index (χ1) is 9.15. The van der Waals surface area contributed by atoms with E-state index in [1.807, 2.05) is 5.38 Å². The van der Waals surface area contributed by atoms with Crippen LogP contribution in [0.1, 0.15) is 12.8 Å². The molecule has 1 N–H and O–H groups in total. The smallest absolute Gasteiger partial charge is 0.262 e. The SMILES string of the molecule is Cn1c(SCC(=O)NC2CC2)nc2sccc2c1=O. The Hall–Kier alpha value is -1.34. The van der Waals surface area contributed by atoms with Crippen LogP contribution in [-0.4, -0.2) is 27.3 Å². The van der Waals surface area contributed by atoms with Crippen molar-refractivity contribution in [2.24, 2.45) is 7.05 Å². The van der Waals surface area contributed by atoms with E-state index >= 15 is 0 Å². The fraction of sp³-hybridized carbons (Fsp3) is 0.417. The van der Waals surface area contributed by atoms with Gasteiger partial charge < -0.3 is 5.32 Å². The molecule has 3 rings (SSSR count). The van der Waals surface area contributed by atoms with Crippen molar-refractivity contribution in [2.75, 3.05) is 5.75 Å². The van der Waals surface area contributed by atoms with Crippen LogP contribution in [-0.2, 0) is 11.8 Å². The Morgan fingerprint density at radius 3 is 3.16 bits per heavy atom. The Morgan fingerprint density at radius 1 is 1.63 bits per heavy atom. The molecular weight excluding hydrogens is 282 g/mol. The van der Waals surface area contributed by atoms with Gasteiger partial charge in [0.1, 0.15) is 4.83 Å². The molecule has 0 unspecified atom stereocenters. The molecule has 0 saturated heterocycles. The average Bonchev–Trinajstić information content (AvgIpc) is 3.06. The van der Waals surface area contributed by atoms with Gasteiger partial charge in [-0.2, -0.15) is 0 Å². The molecule has 2 heterocycles. The molecule has 100 valence electrons. The van der Waals surface area contributed by atoms with Crippen LogP contribution >= 0.6 is 23.1 Å². The molecule has 1 aliphatic rings. The van der Waals surface area contributed by atoms with Gasteiger partial charge in [0.2, 0.25) is 5.91 Å². The van der Waals surface area contributed by atoms with Gasteiger partial charge in [-0.1, -0.05) is 11.8 Å². The van der Waals surface area contributed by atoms with Crippen LogP contribution in [0.5, 0.6) is 0 Å². The number of nitrogens with one attached hydrogen (secondary N) is 1. The summed E-state index contributed by atoms with van der Waals surface area (Å²) in [5.41, 5.74) is -0.0589. The molecule has 5 nitrogen and oxygen atoms in total. The highest BCUT2D eigenvalue weighted by Crippen LogP contribution is 2.21. The zero-order valence-electron chi connectivity index (χ0n) is 10.4. The van der Waals surface area contributed by atoms with Gasteiger partial charge in [-0.05, 0) is 24.3 Å². The van der Waals surface area contributed by atoms with E-state index in [9.17, 15) is 9.59 Å². The van der Waals surface area contributed by atoms with Gasteiger partial charge in [0.15, 0.2) is 5.16 Å². The van der Waals surface area contributed by atoms with E-state index in [2.05, 4.69) is 10.3 Å². The molecule has 0 atom stereocenters. The standard InChI is InChI=1S/C12H13N3O2S2/c1-15-11(17)8-4-5-18-10(8)14-12(15)19-6-9(16)13-7-2-3-7/h4-5,7H,2-3,6H2,1H3,(H,13,16). The summed E-state index contributed by atoms with van der Waals surface area (Å²) in [6.45, 7) is 0. The number of carbonyl (C=O) groups is 1. The van der Waals surface area contributed by atoms with Crippen LogP contribution in [0.3, 0.4) is 0 Å².